The Morgan fingerprint density at radius 2 is 1.74 bits per heavy atom. The number of unbranched alkanes of at least 4 members (excludes halogenated alkanes) is 3. The van der Waals surface area contributed by atoms with E-state index in [-0.39, 0.29) is 47.6 Å². The van der Waals surface area contributed by atoms with E-state index in [1.807, 2.05) is 54.6 Å². The maximum Gasteiger partial charge on any atom is 0.248 e. The van der Waals surface area contributed by atoms with E-state index in [0.717, 1.165) is 29.6 Å². The van der Waals surface area contributed by atoms with Gasteiger partial charge < -0.3 is 19.8 Å². The highest BCUT2D eigenvalue weighted by Gasteiger charge is 2.76. The van der Waals surface area contributed by atoms with E-state index in [1.165, 1.54) is 0 Å². The van der Waals surface area contributed by atoms with Crippen LogP contribution in [0.5, 0.6) is 0 Å². The second-order valence-corrected chi connectivity index (χ2v) is 15.2. The Balaban J connectivity index is 1.37. The minimum Gasteiger partial charge on any atom is -0.396 e. The first-order valence-electron chi connectivity index (χ1n) is 16.2. The van der Waals surface area contributed by atoms with E-state index in [2.05, 4.69) is 39.4 Å². The standard InChI is InChI=1S/C35H41BrN6O4S/c1-3-18-39(23-42-27-17-11-10-16-26(27)37-38-42)34(46)31-35-22-25(36)30(47-35)28(29(35)33(45)41(31)20-12-5-6-13-21-43)32(44)40(19-4-2)24-14-8-7-9-15-24/h3-4,7-11,14-17,25,28-31,43H,1-2,5-6,12-13,18-23H2/t25?,28-,29-,30-,31?,35?/m0/s1. The van der Waals surface area contributed by atoms with Gasteiger partial charge in [0.05, 0.1) is 22.1 Å². The summed E-state index contributed by atoms with van der Waals surface area (Å²) in [6, 6.07) is 16.3. The maximum atomic E-state index is 14.9. The SMILES string of the molecule is C=CCN(Cn1nnc2ccccc21)C(=O)C1N(CCCCCCO)C(=O)[C@@H]2[C@H](C(=O)N(CC=C)c3ccccc3)[C@H]3SC12CC3Br. The molecule has 3 aliphatic rings. The summed E-state index contributed by atoms with van der Waals surface area (Å²) < 4.78 is 0.923. The van der Waals surface area contributed by atoms with E-state index in [9.17, 15) is 19.5 Å². The largest absolute Gasteiger partial charge is 0.396 e. The second-order valence-electron chi connectivity index (χ2n) is 12.5. The third kappa shape index (κ3) is 6.04. The van der Waals surface area contributed by atoms with Crippen molar-refractivity contribution in [3.8, 4) is 0 Å². The van der Waals surface area contributed by atoms with E-state index in [4.69, 9.17) is 0 Å². The lowest BCUT2D eigenvalue weighted by molar-refractivity contribution is -0.143. The van der Waals surface area contributed by atoms with Gasteiger partial charge in [0.15, 0.2) is 0 Å². The smallest absolute Gasteiger partial charge is 0.248 e. The minimum atomic E-state index is -0.779. The molecule has 2 bridgehead atoms. The molecular weight excluding hydrogens is 680 g/mol. The van der Waals surface area contributed by atoms with Gasteiger partial charge in [0.25, 0.3) is 0 Å². The van der Waals surface area contributed by atoms with Gasteiger partial charge in [-0.05, 0) is 43.5 Å². The number of alkyl halides is 1. The number of nitrogens with zero attached hydrogens (tertiary/aromatic N) is 6. The molecule has 1 aromatic heterocycles. The molecule has 6 atom stereocenters. The highest BCUT2D eigenvalue weighted by molar-refractivity contribution is 9.09. The summed E-state index contributed by atoms with van der Waals surface area (Å²) in [6.45, 7) is 9.08. The first-order valence-corrected chi connectivity index (χ1v) is 18.0. The van der Waals surface area contributed by atoms with Crippen LogP contribution in [0.4, 0.5) is 5.69 Å². The number of thioether (sulfide) groups is 1. The fraction of sp³-hybridized carbons (Fsp3) is 0.457. The Bertz CT molecular complexity index is 1640. The number of aliphatic hydroxyl groups is 1. The molecule has 3 aliphatic heterocycles. The van der Waals surface area contributed by atoms with Crippen molar-refractivity contribution in [2.24, 2.45) is 11.8 Å². The fourth-order valence-corrected chi connectivity index (χ4v) is 11.2. The molecular formula is C35H41BrN6O4S. The third-order valence-corrected chi connectivity index (χ3v) is 12.9. The number of fused-ring (bicyclic) bond motifs is 2. The van der Waals surface area contributed by atoms with Crippen LogP contribution < -0.4 is 4.90 Å². The molecule has 3 fully saturated rings. The number of halogens is 1. The number of carbonyl (C=O) groups is 3. The van der Waals surface area contributed by atoms with Crippen LogP contribution in [0.1, 0.15) is 32.1 Å². The van der Waals surface area contributed by atoms with Crippen molar-refractivity contribution in [1.29, 1.82) is 0 Å². The molecule has 6 rings (SSSR count). The predicted octanol–water partition coefficient (Wildman–Crippen LogP) is 4.64. The molecule has 3 amide bonds. The van der Waals surface area contributed by atoms with Crippen molar-refractivity contribution < 1.29 is 19.5 Å². The van der Waals surface area contributed by atoms with Crippen molar-refractivity contribution in [3.63, 3.8) is 0 Å². The molecule has 12 heteroatoms. The molecule has 0 radical (unpaired) electrons. The van der Waals surface area contributed by atoms with Crippen molar-refractivity contribution in [2.45, 2.75) is 59.6 Å². The van der Waals surface area contributed by atoms with Crippen molar-refractivity contribution in [3.05, 3.63) is 79.9 Å². The van der Waals surface area contributed by atoms with Gasteiger partial charge in [0, 0.05) is 42.0 Å². The van der Waals surface area contributed by atoms with Crippen LogP contribution >= 0.6 is 27.7 Å². The summed E-state index contributed by atoms with van der Waals surface area (Å²) in [5.41, 5.74) is 2.29. The first-order chi connectivity index (χ1) is 22.9. The fourth-order valence-electron chi connectivity index (χ4n) is 7.65. The molecule has 0 saturated carbocycles. The van der Waals surface area contributed by atoms with Crippen LogP contribution in [0.2, 0.25) is 0 Å². The van der Waals surface area contributed by atoms with E-state index in [1.54, 1.807) is 43.3 Å². The number of carbonyl (C=O) groups excluding carboxylic acids is 3. The van der Waals surface area contributed by atoms with E-state index in [0.29, 0.717) is 32.4 Å². The average Bonchev–Trinajstić information content (AvgIpc) is 3.80. The van der Waals surface area contributed by atoms with Gasteiger partial charge in [-0.2, -0.15) is 0 Å². The number of hydrogen-bond acceptors (Lipinski definition) is 7. The van der Waals surface area contributed by atoms with Gasteiger partial charge in [0.1, 0.15) is 18.2 Å². The molecule has 248 valence electrons. The number of anilines is 1. The summed E-state index contributed by atoms with van der Waals surface area (Å²) in [5.74, 6) is -1.67. The lowest BCUT2D eigenvalue weighted by Gasteiger charge is -2.38. The monoisotopic (exact) mass is 720 g/mol. The Hall–Kier alpha value is -3.48. The molecule has 1 N–H and O–H groups in total. The molecule has 47 heavy (non-hydrogen) atoms. The summed E-state index contributed by atoms with van der Waals surface area (Å²) in [4.78, 5) is 49.3. The van der Waals surface area contributed by atoms with Gasteiger partial charge in [-0.15, -0.1) is 30.0 Å². The Morgan fingerprint density at radius 3 is 2.49 bits per heavy atom. The third-order valence-electron chi connectivity index (χ3n) is 9.65. The van der Waals surface area contributed by atoms with Crippen molar-refractivity contribution in [2.75, 3.05) is 31.1 Å². The molecule has 3 aromatic rings. The van der Waals surface area contributed by atoms with Crippen LogP contribution in [-0.4, -0.2) is 94.7 Å². The highest BCUT2D eigenvalue weighted by Crippen LogP contribution is 2.68. The quantitative estimate of drug-likeness (QED) is 0.138. The normalized spacial score (nSPS) is 26.0. The Morgan fingerprint density at radius 1 is 1.02 bits per heavy atom. The number of amides is 3. The molecule has 2 aromatic carbocycles. The van der Waals surface area contributed by atoms with Crippen LogP contribution in [0.3, 0.4) is 0 Å². The summed E-state index contributed by atoms with van der Waals surface area (Å²) in [5, 5.41) is 17.7. The number of aliphatic hydroxyl groups excluding tert-OH is 1. The topological polar surface area (TPSA) is 112 Å². The summed E-state index contributed by atoms with van der Waals surface area (Å²) in [6.07, 6.45) is 7.04. The first kappa shape index (κ1) is 33.4. The number of benzene rings is 2. The van der Waals surface area contributed by atoms with Crippen molar-refractivity contribution in [1.82, 2.24) is 24.8 Å². The molecule has 10 nitrogen and oxygen atoms in total. The van der Waals surface area contributed by atoms with Gasteiger partial charge in [-0.1, -0.05) is 76.5 Å². The number of hydrogen-bond donors (Lipinski definition) is 1. The number of aromatic nitrogens is 3. The molecule has 1 spiro atoms. The zero-order valence-electron chi connectivity index (χ0n) is 26.4. The predicted molar refractivity (Wildman–Crippen MR) is 188 cm³/mol. The molecule has 3 unspecified atom stereocenters. The number of para-hydroxylation sites is 2. The van der Waals surface area contributed by atoms with Crippen LogP contribution in [0.15, 0.2) is 79.9 Å². The van der Waals surface area contributed by atoms with Gasteiger partial charge >= 0.3 is 0 Å². The van der Waals surface area contributed by atoms with E-state index < -0.39 is 22.6 Å². The Labute approximate surface area is 288 Å². The Kier molecular flexibility index (Phi) is 10.2. The zero-order valence-corrected chi connectivity index (χ0v) is 28.8. The summed E-state index contributed by atoms with van der Waals surface area (Å²) >= 11 is 5.53. The minimum absolute atomic E-state index is 0.0428. The number of rotatable bonds is 15. The molecule has 3 saturated heterocycles. The van der Waals surface area contributed by atoms with Gasteiger partial charge in [0.2, 0.25) is 17.7 Å². The second kappa shape index (κ2) is 14.3. The zero-order chi connectivity index (χ0) is 33.1. The highest BCUT2D eigenvalue weighted by atomic mass is 79.9. The van der Waals surface area contributed by atoms with Crippen LogP contribution in [0.25, 0.3) is 11.0 Å². The van der Waals surface area contributed by atoms with Gasteiger partial charge in [-0.3, -0.25) is 14.4 Å². The lowest BCUT2D eigenvalue weighted by atomic mass is 9.70. The molecule has 4 heterocycles. The summed E-state index contributed by atoms with van der Waals surface area (Å²) in [7, 11) is 0. The van der Waals surface area contributed by atoms with E-state index >= 15 is 0 Å². The lowest BCUT2D eigenvalue weighted by Crippen LogP contribution is -2.56. The number of likely N-dealkylation sites (tertiary alicyclic amines) is 1. The van der Waals surface area contributed by atoms with Crippen molar-refractivity contribution >= 4 is 62.1 Å². The van der Waals surface area contributed by atoms with Crippen LogP contribution in [-0.2, 0) is 21.1 Å². The maximum absolute atomic E-state index is 14.9. The average molecular weight is 722 g/mol. The molecule has 0 aliphatic carbocycles. The van der Waals surface area contributed by atoms with Gasteiger partial charge in [-0.25, -0.2) is 4.68 Å². The van der Waals surface area contributed by atoms with Crippen LogP contribution in [0, 0.1) is 11.8 Å².